The van der Waals surface area contributed by atoms with Gasteiger partial charge in [0.25, 0.3) is 0 Å². The molecular weight excluding hydrogens is 274 g/mol. The predicted octanol–water partition coefficient (Wildman–Crippen LogP) is 2.01. The Hall–Kier alpha value is -1.07. The van der Waals surface area contributed by atoms with Crippen molar-refractivity contribution in [3.05, 3.63) is 30.3 Å². The molecule has 2 rings (SSSR count). The van der Waals surface area contributed by atoms with Gasteiger partial charge in [0.15, 0.2) is 9.84 Å². The van der Waals surface area contributed by atoms with Crippen LogP contribution in [0.4, 0.5) is 0 Å². The predicted molar refractivity (Wildman–Crippen MR) is 80.8 cm³/mol. The Morgan fingerprint density at radius 1 is 1.25 bits per heavy atom. The van der Waals surface area contributed by atoms with E-state index >= 15 is 0 Å². The van der Waals surface area contributed by atoms with E-state index in [0.717, 1.165) is 38.0 Å². The van der Waals surface area contributed by atoms with Crippen LogP contribution in [0.15, 0.2) is 30.3 Å². The van der Waals surface area contributed by atoms with E-state index in [0.29, 0.717) is 6.61 Å². The zero-order valence-electron chi connectivity index (χ0n) is 11.9. The minimum atomic E-state index is -2.93. The van der Waals surface area contributed by atoms with E-state index in [-0.39, 0.29) is 11.3 Å². The normalized spacial score (nSPS) is 22.9. The minimum Gasteiger partial charge on any atom is -0.494 e. The maximum Gasteiger partial charge on any atom is 0.151 e. The molecule has 2 atom stereocenters. The zero-order chi connectivity index (χ0) is 14.4. The van der Waals surface area contributed by atoms with Gasteiger partial charge >= 0.3 is 0 Å². The maximum absolute atomic E-state index is 11.7. The van der Waals surface area contributed by atoms with Crippen LogP contribution in [-0.2, 0) is 9.84 Å². The number of benzene rings is 1. The third-order valence-electron chi connectivity index (χ3n) is 3.74. The van der Waals surface area contributed by atoms with Crippen LogP contribution in [0.5, 0.6) is 5.75 Å². The molecule has 0 saturated heterocycles. The molecule has 20 heavy (non-hydrogen) atoms. The molecule has 0 aliphatic heterocycles. The van der Waals surface area contributed by atoms with Gasteiger partial charge in [0, 0.05) is 12.3 Å². The first-order valence-corrected chi connectivity index (χ1v) is 9.13. The van der Waals surface area contributed by atoms with Gasteiger partial charge in [0.05, 0.1) is 11.9 Å². The van der Waals surface area contributed by atoms with E-state index in [1.54, 1.807) is 0 Å². The number of sulfone groups is 1. The Labute approximate surface area is 121 Å². The minimum absolute atomic E-state index is 0.113. The van der Waals surface area contributed by atoms with Crippen molar-refractivity contribution in [3.8, 4) is 5.75 Å². The fourth-order valence-electron chi connectivity index (χ4n) is 2.74. The lowest BCUT2D eigenvalue weighted by atomic mass is 10.2. The van der Waals surface area contributed by atoms with E-state index in [4.69, 9.17) is 4.74 Å². The molecule has 0 amide bonds. The Balaban J connectivity index is 1.66. The van der Waals surface area contributed by atoms with Crippen molar-refractivity contribution in [2.24, 2.45) is 0 Å². The molecule has 0 bridgehead atoms. The Morgan fingerprint density at radius 2 is 2.00 bits per heavy atom. The van der Waals surface area contributed by atoms with E-state index in [2.05, 4.69) is 5.32 Å². The lowest BCUT2D eigenvalue weighted by molar-refractivity contribution is 0.305. The molecule has 1 aromatic rings. The second kappa shape index (κ2) is 7.09. The molecule has 5 heteroatoms. The van der Waals surface area contributed by atoms with Crippen LogP contribution >= 0.6 is 0 Å². The van der Waals surface area contributed by atoms with Crippen LogP contribution in [0, 0.1) is 0 Å². The topological polar surface area (TPSA) is 55.4 Å². The number of para-hydroxylation sites is 1. The summed E-state index contributed by atoms with van der Waals surface area (Å²) in [6.07, 6.45) is 4.96. The summed E-state index contributed by atoms with van der Waals surface area (Å²) in [7, 11) is -2.93. The summed E-state index contributed by atoms with van der Waals surface area (Å²) in [6, 6.07) is 9.83. The fraction of sp³-hybridized carbons (Fsp3) is 0.600. The third kappa shape index (κ3) is 4.49. The highest BCUT2D eigenvalue weighted by molar-refractivity contribution is 7.91. The van der Waals surface area contributed by atoms with Crippen molar-refractivity contribution in [1.29, 1.82) is 0 Å². The molecule has 1 aromatic carbocycles. The maximum atomic E-state index is 11.7. The quantitative estimate of drug-likeness (QED) is 0.782. The van der Waals surface area contributed by atoms with E-state index in [9.17, 15) is 8.42 Å². The van der Waals surface area contributed by atoms with Crippen molar-refractivity contribution >= 4 is 9.84 Å². The average Bonchev–Trinajstić information content (AvgIpc) is 2.88. The van der Waals surface area contributed by atoms with Gasteiger partial charge < -0.3 is 10.1 Å². The van der Waals surface area contributed by atoms with Crippen LogP contribution in [0.2, 0.25) is 0 Å². The second-order valence-corrected chi connectivity index (χ2v) is 7.64. The third-order valence-corrected chi connectivity index (χ3v) is 5.41. The zero-order valence-corrected chi connectivity index (χ0v) is 12.7. The van der Waals surface area contributed by atoms with E-state index in [1.165, 1.54) is 6.26 Å². The average molecular weight is 297 g/mol. The molecule has 1 fully saturated rings. The molecule has 0 aromatic heterocycles. The Morgan fingerprint density at radius 3 is 2.70 bits per heavy atom. The molecule has 1 aliphatic rings. The molecule has 1 N–H and O–H groups in total. The van der Waals surface area contributed by atoms with Crippen LogP contribution in [0.25, 0.3) is 0 Å². The van der Waals surface area contributed by atoms with Crippen LogP contribution < -0.4 is 10.1 Å². The van der Waals surface area contributed by atoms with Crippen molar-refractivity contribution < 1.29 is 13.2 Å². The number of hydrogen-bond donors (Lipinski definition) is 1. The van der Waals surface area contributed by atoms with Gasteiger partial charge in [0.2, 0.25) is 0 Å². The van der Waals surface area contributed by atoms with E-state index < -0.39 is 9.84 Å². The molecule has 0 heterocycles. The van der Waals surface area contributed by atoms with Crippen molar-refractivity contribution in [2.75, 3.05) is 19.4 Å². The molecule has 2 unspecified atom stereocenters. The number of rotatable bonds is 7. The lowest BCUT2D eigenvalue weighted by Gasteiger charge is -2.19. The van der Waals surface area contributed by atoms with Gasteiger partial charge in [-0.3, -0.25) is 0 Å². The number of ether oxygens (including phenoxy) is 1. The Bertz CT molecular complexity index is 501. The standard InChI is InChI=1S/C15H23NO3S/c1-20(17,18)15-10-5-9-14(15)16-11-6-12-19-13-7-3-2-4-8-13/h2-4,7-8,14-16H,5-6,9-12H2,1H3. The molecule has 1 saturated carbocycles. The van der Waals surface area contributed by atoms with Crippen molar-refractivity contribution in [1.82, 2.24) is 5.32 Å². The molecule has 0 radical (unpaired) electrons. The second-order valence-electron chi connectivity index (χ2n) is 5.37. The SMILES string of the molecule is CS(=O)(=O)C1CCCC1NCCCOc1ccccc1. The number of hydrogen-bond acceptors (Lipinski definition) is 4. The molecule has 1 aliphatic carbocycles. The lowest BCUT2D eigenvalue weighted by Crippen LogP contribution is -2.40. The van der Waals surface area contributed by atoms with Gasteiger partial charge in [-0.25, -0.2) is 8.42 Å². The highest BCUT2D eigenvalue weighted by atomic mass is 32.2. The van der Waals surface area contributed by atoms with Gasteiger partial charge in [-0.05, 0) is 37.9 Å². The fourth-order valence-corrected chi connectivity index (χ4v) is 4.16. The first-order valence-electron chi connectivity index (χ1n) is 7.17. The highest BCUT2D eigenvalue weighted by Crippen LogP contribution is 2.24. The monoisotopic (exact) mass is 297 g/mol. The van der Waals surface area contributed by atoms with Crippen LogP contribution in [0.3, 0.4) is 0 Å². The molecule has 4 nitrogen and oxygen atoms in total. The summed E-state index contributed by atoms with van der Waals surface area (Å²) in [4.78, 5) is 0. The van der Waals surface area contributed by atoms with Gasteiger partial charge in [-0.2, -0.15) is 0 Å². The molecule has 112 valence electrons. The summed E-state index contributed by atoms with van der Waals surface area (Å²) in [5.74, 6) is 0.877. The largest absolute Gasteiger partial charge is 0.494 e. The first kappa shape index (κ1) is 15.3. The van der Waals surface area contributed by atoms with Gasteiger partial charge in [-0.15, -0.1) is 0 Å². The van der Waals surface area contributed by atoms with E-state index in [1.807, 2.05) is 30.3 Å². The summed E-state index contributed by atoms with van der Waals surface area (Å²) < 4.78 is 28.9. The summed E-state index contributed by atoms with van der Waals surface area (Å²) in [6.45, 7) is 1.44. The van der Waals surface area contributed by atoms with Crippen molar-refractivity contribution in [2.45, 2.75) is 37.0 Å². The molecule has 0 spiro atoms. The number of nitrogens with one attached hydrogen (secondary N) is 1. The Kier molecular flexibility index (Phi) is 5.43. The highest BCUT2D eigenvalue weighted by Gasteiger charge is 2.34. The summed E-state index contributed by atoms with van der Waals surface area (Å²) in [5.41, 5.74) is 0. The van der Waals surface area contributed by atoms with Gasteiger partial charge in [-0.1, -0.05) is 24.6 Å². The summed E-state index contributed by atoms with van der Waals surface area (Å²) in [5, 5.41) is 3.15. The molecular formula is C15H23NO3S. The summed E-state index contributed by atoms with van der Waals surface area (Å²) >= 11 is 0. The van der Waals surface area contributed by atoms with Crippen LogP contribution in [-0.4, -0.2) is 39.1 Å². The van der Waals surface area contributed by atoms with Crippen molar-refractivity contribution in [3.63, 3.8) is 0 Å². The van der Waals surface area contributed by atoms with Crippen LogP contribution in [0.1, 0.15) is 25.7 Å². The first-order chi connectivity index (χ1) is 9.57. The smallest absolute Gasteiger partial charge is 0.151 e. The van der Waals surface area contributed by atoms with Gasteiger partial charge in [0.1, 0.15) is 5.75 Å².